The summed E-state index contributed by atoms with van der Waals surface area (Å²) in [5, 5.41) is 3.13. The largest absolute Gasteiger partial charge is 0.364 e. The molecule has 2 rings (SSSR count). The maximum absolute atomic E-state index is 12.0. The summed E-state index contributed by atoms with van der Waals surface area (Å²) in [6.07, 6.45) is 6.29. The monoisotopic (exact) mass is 276 g/mol. The van der Waals surface area contributed by atoms with Gasteiger partial charge in [-0.15, -0.1) is 12.4 Å². The van der Waals surface area contributed by atoms with Gasteiger partial charge in [0.25, 0.3) is 0 Å². The smallest absolute Gasteiger partial charge is 0.249 e. The van der Waals surface area contributed by atoms with Crippen LogP contribution in [-0.4, -0.2) is 30.7 Å². The lowest BCUT2D eigenvalue weighted by Gasteiger charge is -2.28. The Labute approximate surface area is 115 Å². The van der Waals surface area contributed by atoms with Crippen molar-refractivity contribution >= 4 is 18.3 Å². The van der Waals surface area contributed by atoms with E-state index in [0.29, 0.717) is 12.6 Å². The minimum Gasteiger partial charge on any atom is -0.364 e. The average Bonchev–Trinajstić information content (AvgIpc) is 2.77. The summed E-state index contributed by atoms with van der Waals surface area (Å²) < 4.78 is 5.60. The fourth-order valence-electron chi connectivity index (χ4n) is 2.93. The van der Waals surface area contributed by atoms with Gasteiger partial charge in [-0.2, -0.15) is 0 Å². The van der Waals surface area contributed by atoms with Gasteiger partial charge in [-0.1, -0.05) is 19.8 Å². The summed E-state index contributed by atoms with van der Waals surface area (Å²) in [6.45, 7) is 2.78. The van der Waals surface area contributed by atoms with Crippen LogP contribution in [0.25, 0.3) is 0 Å². The van der Waals surface area contributed by atoms with E-state index in [1.807, 2.05) is 0 Å². The van der Waals surface area contributed by atoms with E-state index in [9.17, 15) is 4.79 Å². The topological polar surface area (TPSA) is 64.4 Å². The molecule has 1 amide bonds. The number of carbonyl (C=O) groups is 1. The molecule has 1 saturated heterocycles. The molecule has 2 unspecified atom stereocenters. The third kappa shape index (κ3) is 4.11. The summed E-state index contributed by atoms with van der Waals surface area (Å²) in [6, 6.07) is 0.353. The second-order valence-electron chi connectivity index (χ2n) is 5.54. The second kappa shape index (κ2) is 7.31. The molecule has 106 valence electrons. The van der Waals surface area contributed by atoms with Gasteiger partial charge in [-0.05, 0) is 31.6 Å². The van der Waals surface area contributed by atoms with Crippen LogP contribution in [0.3, 0.4) is 0 Å². The Morgan fingerprint density at radius 3 is 2.72 bits per heavy atom. The Balaban J connectivity index is 0.00000162. The van der Waals surface area contributed by atoms with Gasteiger partial charge in [-0.25, -0.2) is 0 Å². The van der Waals surface area contributed by atoms with Crippen molar-refractivity contribution in [3.63, 3.8) is 0 Å². The van der Waals surface area contributed by atoms with Crippen LogP contribution in [0.4, 0.5) is 0 Å². The van der Waals surface area contributed by atoms with Crippen molar-refractivity contribution in [3.8, 4) is 0 Å². The van der Waals surface area contributed by atoms with Gasteiger partial charge >= 0.3 is 0 Å². The van der Waals surface area contributed by atoms with E-state index in [1.165, 1.54) is 12.8 Å². The fraction of sp³-hybridized carbons (Fsp3) is 0.923. The molecular weight excluding hydrogens is 252 g/mol. The van der Waals surface area contributed by atoms with Crippen LogP contribution in [0.15, 0.2) is 0 Å². The summed E-state index contributed by atoms with van der Waals surface area (Å²) >= 11 is 0. The van der Waals surface area contributed by atoms with Crippen LogP contribution < -0.4 is 11.1 Å². The Kier molecular flexibility index (Phi) is 6.39. The Bertz CT molecular complexity index is 276. The first-order valence-corrected chi connectivity index (χ1v) is 6.85. The molecule has 4 nitrogen and oxygen atoms in total. The molecule has 5 heteroatoms. The van der Waals surface area contributed by atoms with Gasteiger partial charge < -0.3 is 15.8 Å². The van der Waals surface area contributed by atoms with Gasteiger partial charge in [0.2, 0.25) is 5.91 Å². The number of rotatable bonds is 3. The molecule has 1 aliphatic carbocycles. The van der Waals surface area contributed by atoms with Crippen molar-refractivity contribution in [1.29, 1.82) is 0 Å². The van der Waals surface area contributed by atoms with Gasteiger partial charge in [0.15, 0.2) is 0 Å². The first-order valence-electron chi connectivity index (χ1n) is 6.85. The van der Waals surface area contributed by atoms with Gasteiger partial charge in [-0.3, -0.25) is 4.79 Å². The number of halogens is 1. The number of hydrogen-bond donors (Lipinski definition) is 2. The van der Waals surface area contributed by atoms with Crippen molar-refractivity contribution in [2.45, 2.75) is 63.7 Å². The number of nitrogens with two attached hydrogens (primary N) is 1. The van der Waals surface area contributed by atoms with E-state index in [2.05, 4.69) is 12.2 Å². The molecule has 0 spiro atoms. The summed E-state index contributed by atoms with van der Waals surface area (Å²) in [7, 11) is 0. The molecule has 18 heavy (non-hydrogen) atoms. The zero-order valence-electron chi connectivity index (χ0n) is 11.1. The lowest BCUT2D eigenvalue weighted by Crippen LogP contribution is -2.43. The van der Waals surface area contributed by atoms with Gasteiger partial charge in [0, 0.05) is 12.6 Å². The van der Waals surface area contributed by atoms with Crippen molar-refractivity contribution < 1.29 is 9.53 Å². The Morgan fingerprint density at radius 2 is 2.11 bits per heavy atom. The highest BCUT2D eigenvalue weighted by molar-refractivity contribution is 5.85. The lowest BCUT2D eigenvalue weighted by atomic mass is 9.87. The number of ether oxygens (including phenoxy) is 1. The third-order valence-electron chi connectivity index (χ3n) is 3.95. The number of carbonyl (C=O) groups excluding carboxylic acids is 1. The third-order valence-corrected chi connectivity index (χ3v) is 3.95. The molecule has 2 aliphatic rings. The summed E-state index contributed by atoms with van der Waals surface area (Å²) in [5.74, 6) is 0.801. The molecule has 3 N–H and O–H groups in total. The lowest BCUT2D eigenvalue weighted by molar-refractivity contribution is -0.132. The predicted molar refractivity (Wildman–Crippen MR) is 73.8 cm³/mol. The van der Waals surface area contributed by atoms with Gasteiger partial charge in [0.1, 0.15) is 6.10 Å². The second-order valence-corrected chi connectivity index (χ2v) is 5.54. The molecule has 4 atom stereocenters. The van der Waals surface area contributed by atoms with Crippen LogP contribution in [0.2, 0.25) is 0 Å². The molecule has 0 aromatic carbocycles. The van der Waals surface area contributed by atoms with Crippen LogP contribution in [0.5, 0.6) is 0 Å². The number of amides is 1. The van der Waals surface area contributed by atoms with Crippen molar-refractivity contribution in [2.24, 2.45) is 11.7 Å². The molecule has 0 bridgehead atoms. The normalized spacial score (nSPS) is 35.9. The van der Waals surface area contributed by atoms with Crippen molar-refractivity contribution in [3.05, 3.63) is 0 Å². The highest BCUT2D eigenvalue weighted by Gasteiger charge is 2.31. The number of hydrogen-bond acceptors (Lipinski definition) is 3. The van der Waals surface area contributed by atoms with Crippen molar-refractivity contribution in [2.75, 3.05) is 6.54 Å². The standard InChI is InChI=1S/C13H24N2O2.ClH/c1-9-3-2-4-10(7-9)15-13(16)12-6-5-11(8-14)17-12;/h9-12H,2-8,14H2,1H3,(H,15,16);1H/t9?,10?,11-,12+;/m1./s1. The maximum Gasteiger partial charge on any atom is 0.249 e. The van der Waals surface area contributed by atoms with E-state index < -0.39 is 0 Å². The van der Waals surface area contributed by atoms with E-state index >= 15 is 0 Å². The highest BCUT2D eigenvalue weighted by Crippen LogP contribution is 2.24. The Hall–Kier alpha value is -0.320. The quantitative estimate of drug-likeness (QED) is 0.823. The number of nitrogens with one attached hydrogen (secondary N) is 1. The van der Waals surface area contributed by atoms with Crippen LogP contribution >= 0.6 is 12.4 Å². The Morgan fingerprint density at radius 1 is 1.33 bits per heavy atom. The molecule has 0 aromatic rings. The van der Waals surface area contributed by atoms with Crippen LogP contribution in [0, 0.1) is 5.92 Å². The first-order chi connectivity index (χ1) is 8.19. The molecule has 2 fully saturated rings. The van der Waals surface area contributed by atoms with E-state index in [4.69, 9.17) is 10.5 Å². The SMILES string of the molecule is CC1CCCC(NC(=O)[C@@H]2CC[C@H](CN)O2)C1.Cl. The average molecular weight is 277 g/mol. The zero-order valence-corrected chi connectivity index (χ0v) is 11.9. The van der Waals surface area contributed by atoms with E-state index in [-0.39, 0.29) is 30.5 Å². The van der Waals surface area contributed by atoms with Crippen LogP contribution in [0.1, 0.15) is 45.4 Å². The molecular formula is C13H25ClN2O2. The molecule has 1 heterocycles. The first kappa shape index (κ1) is 15.7. The van der Waals surface area contributed by atoms with E-state index in [1.54, 1.807) is 0 Å². The van der Waals surface area contributed by atoms with Crippen LogP contribution in [-0.2, 0) is 9.53 Å². The zero-order chi connectivity index (χ0) is 12.3. The molecule has 1 aliphatic heterocycles. The van der Waals surface area contributed by atoms with Gasteiger partial charge in [0.05, 0.1) is 6.10 Å². The molecule has 1 saturated carbocycles. The highest BCUT2D eigenvalue weighted by atomic mass is 35.5. The molecule has 0 aromatic heterocycles. The van der Waals surface area contributed by atoms with Crippen molar-refractivity contribution in [1.82, 2.24) is 5.32 Å². The molecule has 0 radical (unpaired) electrons. The summed E-state index contributed by atoms with van der Waals surface area (Å²) in [4.78, 5) is 12.0. The van der Waals surface area contributed by atoms with E-state index in [0.717, 1.165) is 31.6 Å². The minimum absolute atomic E-state index is 0. The maximum atomic E-state index is 12.0. The fourth-order valence-corrected chi connectivity index (χ4v) is 2.93. The summed E-state index contributed by atoms with van der Waals surface area (Å²) in [5.41, 5.74) is 5.54. The minimum atomic E-state index is -0.263. The predicted octanol–water partition coefficient (Wildman–Crippen LogP) is 1.61.